The van der Waals surface area contributed by atoms with Crippen molar-refractivity contribution in [3.05, 3.63) is 23.1 Å². The molecule has 0 aliphatic carbocycles. The molecule has 0 aromatic heterocycles. The Kier molecular flexibility index (Phi) is 1.36. The molecule has 1 N–H and O–H groups in total. The number of allylic oxidation sites excluding steroid dienone is 1. The van der Waals surface area contributed by atoms with Gasteiger partial charge in [0.1, 0.15) is 0 Å². The van der Waals surface area contributed by atoms with Crippen LogP contribution in [0.15, 0.2) is 23.1 Å². The van der Waals surface area contributed by atoms with Gasteiger partial charge in [-0.3, -0.25) is 0 Å². The third kappa shape index (κ3) is 0.926. The Morgan fingerprint density at radius 1 is 1.67 bits per heavy atom. The molecule has 9 heavy (non-hydrogen) atoms. The van der Waals surface area contributed by atoms with E-state index in [0.29, 0.717) is 0 Å². The molecule has 0 radical (unpaired) electrons. The molecular formula is C7H9NS. The van der Waals surface area contributed by atoms with Crippen molar-refractivity contribution in [2.45, 2.75) is 5.25 Å². The van der Waals surface area contributed by atoms with E-state index in [4.69, 9.17) is 0 Å². The molecule has 0 bridgehead atoms. The highest BCUT2D eigenvalue weighted by Crippen LogP contribution is 2.29. The van der Waals surface area contributed by atoms with Crippen LogP contribution >= 0.6 is 11.8 Å². The smallest absolute Gasteiger partial charge is 0.0460 e. The Morgan fingerprint density at radius 2 is 2.67 bits per heavy atom. The first-order valence-electron chi connectivity index (χ1n) is 3.19. The van der Waals surface area contributed by atoms with Crippen molar-refractivity contribution in [3.8, 4) is 0 Å². The minimum Gasteiger partial charge on any atom is -0.312 e. The molecule has 2 heterocycles. The van der Waals surface area contributed by atoms with E-state index >= 15 is 0 Å². The highest BCUT2D eigenvalue weighted by Gasteiger charge is 2.18. The van der Waals surface area contributed by atoms with E-state index in [-0.39, 0.29) is 0 Å². The zero-order valence-corrected chi connectivity index (χ0v) is 5.95. The monoisotopic (exact) mass is 139 g/mol. The molecular weight excluding hydrogens is 130 g/mol. The molecule has 48 valence electrons. The second kappa shape index (κ2) is 2.20. The van der Waals surface area contributed by atoms with Crippen LogP contribution in [0.25, 0.3) is 0 Å². The third-order valence-electron chi connectivity index (χ3n) is 1.69. The summed E-state index contributed by atoms with van der Waals surface area (Å²) in [5.41, 5.74) is 1.51. The molecule has 0 aromatic rings. The Hall–Kier alpha value is -0.210. The van der Waals surface area contributed by atoms with E-state index < -0.39 is 0 Å². The van der Waals surface area contributed by atoms with Crippen LogP contribution in [0.4, 0.5) is 0 Å². The van der Waals surface area contributed by atoms with Gasteiger partial charge in [0.05, 0.1) is 0 Å². The van der Waals surface area contributed by atoms with Crippen LogP contribution in [0, 0.1) is 0 Å². The predicted molar refractivity (Wildman–Crippen MR) is 41.5 cm³/mol. The lowest BCUT2D eigenvalue weighted by Crippen LogP contribution is -2.29. The molecule has 0 saturated heterocycles. The van der Waals surface area contributed by atoms with Crippen LogP contribution in [0.1, 0.15) is 0 Å². The summed E-state index contributed by atoms with van der Waals surface area (Å²) in [5, 5.41) is 6.22. The first kappa shape index (κ1) is 5.57. The molecule has 2 aliphatic heterocycles. The second-order valence-electron chi connectivity index (χ2n) is 2.29. The summed E-state index contributed by atoms with van der Waals surface area (Å²) < 4.78 is 0. The van der Waals surface area contributed by atoms with Crippen LogP contribution < -0.4 is 5.32 Å². The minimum absolute atomic E-state index is 0.721. The van der Waals surface area contributed by atoms with Crippen molar-refractivity contribution in [1.29, 1.82) is 0 Å². The number of hydrogen-bond donors (Lipinski definition) is 1. The molecule has 1 atom stereocenters. The average Bonchev–Trinajstić information content (AvgIpc) is 2.33. The Morgan fingerprint density at radius 3 is 3.56 bits per heavy atom. The fourth-order valence-corrected chi connectivity index (χ4v) is 2.14. The second-order valence-corrected chi connectivity index (χ2v) is 3.40. The van der Waals surface area contributed by atoms with Gasteiger partial charge in [-0.05, 0) is 11.0 Å². The maximum Gasteiger partial charge on any atom is 0.0460 e. The number of thioether (sulfide) groups is 1. The number of fused-ring (bicyclic) bond motifs is 1. The molecule has 2 rings (SSSR count). The molecule has 2 aliphatic rings. The Balaban J connectivity index is 2.23. The summed E-state index contributed by atoms with van der Waals surface area (Å²) in [6.45, 7) is 2.19. The first-order valence-corrected chi connectivity index (χ1v) is 4.14. The largest absolute Gasteiger partial charge is 0.312 e. The van der Waals surface area contributed by atoms with Gasteiger partial charge < -0.3 is 5.32 Å². The zero-order chi connectivity index (χ0) is 6.10. The van der Waals surface area contributed by atoms with Gasteiger partial charge in [0.2, 0.25) is 0 Å². The topological polar surface area (TPSA) is 12.0 Å². The quantitative estimate of drug-likeness (QED) is 0.540. The van der Waals surface area contributed by atoms with Crippen molar-refractivity contribution >= 4 is 11.8 Å². The van der Waals surface area contributed by atoms with Crippen LogP contribution in [0.3, 0.4) is 0 Å². The first-order chi connectivity index (χ1) is 4.47. The van der Waals surface area contributed by atoms with E-state index in [0.717, 1.165) is 18.3 Å². The molecule has 0 aromatic carbocycles. The van der Waals surface area contributed by atoms with Gasteiger partial charge >= 0.3 is 0 Å². The van der Waals surface area contributed by atoms with Crippen molar-refractivity contribution in [2.75, 3.05) is 13.1 Å². The van der Waals surface area contributed by atoms with Crippen molar-refractivity contribution < 1.29 is 0 Å². The molecule has 0 amide bonds. The molecule has 0 spiro atoms. The summed E-state index contributed by atoms with van der Waals surface area (Å²) in [6, 6.07) is 0. The van der Waals surface area contributed by atoms with Crippen molar-refractivity contribution in [2.24, 2.45) is 0 Å². The Bertz CT molecular complexity index is 172. The fourth-order valence-electron chi connectivity index (χ4n) is 1.17. The van der Waals surface area contributed by atoms with E-state index in [9.17, 15) is 0 Å². The lowest BCUT2D eigenvalue weighted by atomic mass is 10.1. The van der Waals surface area contributed by atoms with Gasteiger partial charge in [-0.2, -0.15) is 0 Å². The van der Waals surface area contributed by atoms with Crippen molar-refractivity contribution in [3.63, 3.8) is 0 Å². The number of nitrogens with one attached hydrogen (secondary N) is 1. The standard InChI is InChI=1S/C7H9NS/c1-3-8-5-7-6(1)2-4-9-7/h1-2,4,7-8H,3,5H2. The summed E-state index contributed by atoms with van der Waals surface area (Å²) >= 11 is 1.91. The highest BCUT2D eigenvalue weighted by atomic mass is 32.2. The summed E-state index contributed by atoms with van der Waals surface area (Å²) in [5.74, 6) is 0. The highest BCUT2D eigenvalue weighted by molar-refractivity contribution is 8.03. The average molecular weight is 139 g/mol. The number of rotatable bonds is 0. The molecule has 1 nitrogen and oxygen atoms in total. The molecule has 2 heteroatoms. The van der Waals surface area contributed by atoms with Gasteiger partial charge in [-0.25, -0.2) is 0 Å². The van der Waals surface area contributed by atoms with E-state index in [1.54, 1.807) is 0 Å². The van der Waals surface area contributed by atoms with Gasteiger partial charge in [0.15, 0.2) is 0 Å². The minimum atomic E-state index is 0.721. The van der Waals surface area contributed by atoms with Gasteiger partial charge in [0, 0.05) is 18.3 Å². The van der Waals surface area contributed by atoms with E-state index in [1.807, 2.05) is 11.8 Å². The molecule has 0 saturated carbocycles. The zero-order valence-electron chi connectivity index (χ0n) is 5.13. The molecule has 1 unspecified atom stereocenters. The van der Waals surface area contributed by atoms with Gasteiger partial charge in [-0.1, -0.05) is 12.2 Å². The Labute approximate surface area is 59.2 Å². The normalized spacial score (nSPS) is 32.0. The lowest BCUT2D eigenvalue weighted by Gasteiger charge is -2.16. The number of hydrogen-bond acceptors (Lipinski definition) is 2. The van der Waals surface area contributed by atoms with Crippen LogP contribution in [0.2, 0.25) is 0 Å². The van der Waals surface area contributed by atoms with Crippen molar-refractivity contribution in [1.82, 2.24) is 5.32 Å². The summed E-state index contributed by atoms with van der Waals surface area (Å²) in [7, 11) is 0. The van der Waals surface area contributed by atoms with E-state index in [2.05, 4.69) is 22.9 Å². The maximum absolute atomic E-state index is 3.32. The summed E-state index contributed by atoms with van der Waals surface area (Å²) in [4.78, 5) is 0. The van der Waals surface area contributed by atoms with Crippen LogP contribution in [-0.4, -0.2) is 18.3 Å². The van der Waals surface area contributed by atoms with Crippen LogP contribution in [-0.2, 0) is 0 Å². The van der Waals surface area contributed by atoms with E-state index in [1.165, 1.54) is 5.57 Å². The summed E-state index contributed by atoms with van der Waals surface area (Å²) in [6.07, 6.45) is 4.49. The van der Waals surface area contributed by atoms with Gasteiger partial charge in [0.25, 0.3) is 0 Å². The SMILES string of the molecule is C1=CC2=CCNCC2S1. The molecule has 0 fully saturated rings. The maximum atomic E-state index is 3.32. The van der Waals surface area contributed by atoms with Gasteiger partial charge in [-0.15, -0.1) is 11.8 Å². The fraction of sp³-hybridized carbons (Fsp3) is 0.429. The third-order valence-corrected chi connectivity index (χ3v) is 2.75. The lowest BCUT2D eigenvalue weighted by molar-refractivity contribution is 0.726. The predicted octanol–water partition coefficient (Wildman–Crippen LogP) is 1.15. The van der Waals surface area contributed by atoms with Crippen LogP contribution in [0.5, 0.6) is 0 Å².